The Kier molecular flexibility index (Phi) is 7.07. The molecule has 6 N–H and O–H groups in total. The highest BCUT2D eigenvalue weighted by atomic mass is 16.5. The molecule has 11 heteroatoms. The molecule has 11 nitrogen and oxygen atoms in total. The van der Waals surface area contributed by atoms with Crippen LogP contribution in [0.15, 0.2) is 47.2 Å². The average molecular weight is 590 g/mol. The van der Waals surface area contributed by atoms with E-state index in [0.717, 1.165) is 48.6 Å². The lowest BCUT2D eigenvalue weighted by molar-refractivity contribution is -0.147. The first-order valence-electron chi connectivity index (χ1n) is 14.4. The number of nitrogens with two attached hydrogens (primary N) is 1. The molecule has 43 heavy (non-hydrogen) atoms. The van der Waals surface area contributed by atoms with Crippen LogP contribution >= 0.6 is 0 Å². The molecular weight excluding hydrogens is 554 g/mol. The van der Waals surface area contributed by atoms with E-state index in [-0.39, 0.29) is 36.1 Å². The van der Waals surface area contributed by atoms with Gasteiger partial charge in [0.05, 0.1) is 12.7 Å². The molecule has 0 radical (unpaired) electrons. The number of phenolic OH excluding ortho intramolecular Hbond substituents is 1. The fourth-order valence-electron chi connectivity index (χ4n) is 7.21. The highest BCUT2D eigenvalue weighted by molar-refractivity contribution is 6.22. The maximum absolute atomic E-state index is 13.8. The molecule has 1 saturated carbocycles. The number of primary amides is 1. The third-order valence-corrected chi connectivity index (χ3v) is 9.53. The summed E-state index contributed by atoms with van der Waals surface area (Å²) in [6.45, 7) is 4.49. The van der Waals surface area contributed by atoms with Crippen molar-refractivity contribution in [2.75, 3.05) is 40.3 Å². The van der Waals surface area contributed by atoms with E-state index < -0.39 is 52.0 Å². The van der Waals surface area contributed by atoms with Crippen LogP contribution in [0.25, 0.3) is 16.9 Å². The van der Waals surface area contributed by atoms with Gasteiger partial charge in [-0.15, -0.1) is 0 Å². The summed E-state index contributed by atoms with van der Waals surface area (Å²) in [5.74, 6) is -5.70. The number of amides is 1. The number of ether oxygens (including phenoxy) is 1. The lowest BCUT2D eigenvalue weighted by atomic mass is 9.59. The van der Waals surface area contributed by atoms with Crippen LogP contribution < -0.4 is 10.5 Å². The van der Waals surface area contributed by atoms with Crippen molar-refractivity contribution in [1.82, 2.24) is 9.80 Å². The summed E-state index contributed by atoms with van der Waals surface area (Å²) >= 11 is 0. The molecule has 1 amide bonds. The number of ketones is 2. The molecular formula is C32H35N3O8. The van der Waals surface area contributed by atoms with Crippen LogP contribution in [0.2, 0.25) is 0 Å². The molecule has 2 aromatic carbocycles. The van der Waals surface area contributed by atoms with Gasteiger partial charge in [-0.25, -0.2) is 0 Å². The monoisotopic (exact) mass is 589 g/mol. The number of rotatable bonds is 5. The Morgan fingerprint density at radius 1 is 1.07 bits per heavy atom. The van der Waals surface area contributed by atoms with Crippen LogP contribution in [0.4, 0.5) is 0 Å². The topological polar surface area (TPSA) is 174 Å². The third kappa shape index (κ3) is 4.50. The first-order valence-corrected chi connectivity index (χ1v) is 14.4. The number of aliphatic hydroxyl groups excluding tert-OH is 2. The van der Waals surface area contributed by atoms with Crippen LogP contribution in [-0.2, 0) is 27.3 Å². The van der Waals surface area contributed by atoms with Gasteiger partial charge >= 0.3 is 0 Å². The maximum Gasteiger partial charge on any atom is 0.255 e. The van der Waals surface area contributed by atoms with Crippen molar-refractivity contribution in [3.8, 4) is 22.6 Å². The Hall–Kier alpha value is -4.19. The molecule has 0 aromatic heterocycles. The van der Waals surface area contributed by atoms with Crippen molar-refractivity contribution in [1.29, 1.82) is 0 Å². The summed E-state index contributed by atoms with van der Waals surface area (Å²) in [5, 5.41) is 44.6. The molecule has 3 atom stereocenters. The van der Waals surface area contributed by atoms with Crippen molar-refractivity contribution in [3.63, 3.8) is 0 Å². The summed E-state index contributed by atoms with van der Waals surface area (Å²) in [4.78, 5) is 43.0. The Morgan fingerprint density at radius 2 is 1.79 bits per heavy atom. The summed E-state index contributed by atoms with van der Waals surface area (Å²) in [6.07, 6.45) is -0.0454. The molecule has 0 bridgehead atoms. The summed E-state index contributed by atoms with van der Waals surface area (Å²) in [6, 6.07) is 9.06. The number of aromatic hydroxyl groups is 1. The first kappa shape index (κ1) is 28.9. The number of benzene rings is 2. The maximum atomic E-state index is 13.8. The number of phenols is 1. The molecule has 0 spiro atoms. The van der Waals surface area contributed by atoms with Crippen molar-refractivity contribution in [2.24, 2.45) is 17.6 Å². The number of carbonyl (C=O) groups is 3. The smallest absolute Gasteiger partial charge is 0.255 e. The highest BCUT2D eigenvalue weighted by Crippen LogP contribution is 2.53. The predicted octanol–water partition coefficient (Wildman–Crippen LogP) is 1.85. The Balaban J connectivity index is 1.43. The lowest BCUT2D eigenvalue weighted by Gasteiger charge is -2.46. The minimum Gasteiger partial charge on any atom is -0.508 e. The van der Waals surface area contributed by atoms with Crippen molar-refractivity contribution < 1.29 is 39.5 Å². The number of hydrogen-bond donors (Lipinski definition) is 5. The first-order chi connectivity index (χ1) is 20.4. The van der Waals surface area contributed by atoms with E-state index in [9.17, 15) is 34.8 Å². The minimum absolute atomic E-state index is 0.0704. The normalized spacial score (nSPS) is 26.2. The summed E-state index contributed by atoms with van der Waals surface area (Å²) in [5.41, 5.74) is 5.01. The molecule has 0 unspecified atom stereocenters. The quantitative estimate of drug-likeness (QED) is 0.324. The van der Waals surface area contributed by atoms with Gasteiger partial charge in [-0.1, -0.05) is 12.1 Å². The predicted molar refractivity (Wildman–Crippen MR) is 156 cm³/mol. The van der Waals surface area contributed by atoms with Gasteiger partial charge in [-0.3, -0.25) is 19.3 Å². The average Bonchev–Trinajstić information content (AvgIpc) is 2.96. The van der Waals surface area contributed by atoms with Crippen LogP contribution in [0.3, 0.4) is 0 Å². The number of hydrogen-bond acceptors (Lipinski definition) is 10. The van der Waals surface area contributed by atoms with Crippen LogP contribution in [0.1, 0.15) is 29.5 Å². The second-order valence-corrected chi connectivity index (χ2v) is 12.0. The van der Waals surface area contributed by atoms with Gasteiger partial charge in [0.2, 0.25) is 5.78 Å². The number of methoxy groups -OCH3 is 1. The van der Waals surface area contributed by atoms with E-state index in [1.165, 1.54) is 6.07 Å². The Bertz CT molecular complexity index is 1620. The van der Waals surface area contributed by atoms with E-state index in [1.807, 2.05) is 18.2 Å². The van der Waals surface area contributed by atoms with Crippen molar-refractivity contribution >= 4 is 23.2 Å². The zero-order valence-corrected chi connectivity index (χ0v) is 24.1. The SMILES string of the molecule is COc1ccc(-c2ccc(O)c3c2C[C@H]2C[C@H]4CC(=O)C(C(N)=O)=C(O)[C@@]4(O)C(=O)C2=C3O)cc1CN1CCN(C)CC1. The molecule has 6 rings (SSSR count). The number of carbonyl (C=O) groups excluding carboxylic acids is 3. The zero-order chi connectivity index (χ0) is 30.8. The number of likely N-dealkylation sites (N-methyl/N-ethyl adjacent to an activating group) is 1. The van der Waals surface area contributed by atoms with Crippen LogP contribution in [0.5, 0.6) is 11.5 Å². The van der Waals surface area contributed by atoms with Crippen molar-refractivity contribution in [2.45, 2.75) is 31.4 Å². The number of fused-ring (bicyclic) bond motifs is 3. The number of piperazine rings is 1. The molecule has 4 aliphatic rings. The van der Waals surface area contributed by atoms with Gasteiger partial charge < -0.3 is 35.8 Å². The summed E-state index contributed by atoms with van der Waals surface area (Å²) < 4.78 is 5.66. The standard InChI is InChI=1S/C32H35N3O8/c1-34-7-9-35(10-8-34)15-18-11-16(3-6-24(18)43-2)20-4-5-22(36)26-21(20)13-17-12-19-14-23(37)27(31(33)41)30(40)32(19,42)29(39)25(17)28(26)38/h3-6,11,17,19,36,38,40,42H,7-10,12-15H2,1-2H3,(H2,33,41)/t17-,19+,32+/m1/s1. The molecule has 226 valence electrons. The highest BCUT2D eigenvalue weighted by Gasteiger charge is 2.60. The van der Waals surface area contributed by atoms with Gasteiger partial charge in [0.1, 0.15) is 28.6 Å². The fraction of sp³-hybridized carbons (Fsp3) is 0.406. The van der Waals surface area contributed by atoms with E-state index in [0.29, 0.717) is 12.1 Å². The van der Waals surface area contributed by atoms with E-state index in [4.69, 9.17) is 10.5 Å². The van der Waals surface area contributed by atoms with E-state index >= 15 is 0 Å². The van der Waals surface area contributed by atoms with Crippen LogP contribution in [0, 0.1) is 11.8 Å². The van der Waals surface area contributed by atoms with Gasteiger partial charge in [-0.05, 0) is 60.7 Å². The molecule has 2 aromatic rings. The minimum atomic E-state index is -2.59. The molecule has 1 aliphatic heterocycles. The third-order valence-electron chi connectivity index (χ3n) is 9.53. The van der Waals surface area contributed by atoms with Crippen LogP contribution in [-0.4, -0.2) is 93.6 Å². The van der Waals surface area contributed by atoms with Gasteiger partial charge in [0, 0.05) is 56.2 Å². The fourth-order valence-corrected chi connectivity index (χ4v) is 7.21. The summed E-state index contributed by atoms with van der Waals surface area (Å²) in [7, 11) is 3.73. The second-order valence-electron chi connectivity index (χ2n) is 12.0. The van der Waals surface area contributed by atoms with Gasteiger partial charge in [0.15, 0.2) is 11.4 Å². The number of aliphatic hydroxyl groups is 3. The van der Waals surface area contributed by atoms with E-state index in [1.54, 1.807) is 13.2 Å². The van der Waals surface area contributed by atoms with E-state index in [2.05, 4.69) is 16.8 Å². The Labute approximate surface area is 248 Å². The number of Topliss-reactive ketones (excluding diaryl/α,β-unsaturated/α-hetero) is 2. The second kappa shape index (κ2) is 10.5. The Morgan fingerprint density at radius 3 is 2.47 bits per heavy atom. The zero-order valence-electron chi connectivity index (χ0n) is 24.1. The van der Waals surface area contributed by atoms with Gasteiger partial charge in [0.25, 0.3) is 5.91 Å². The van der Waals surface area contributed by atoms with Gasteiger partial charge in [-0.2, -0.15) is 0 Å². The van der Waals surface area contributed by atoms with Crippen molar-refractivity contribution in [3.05, 3.63) is 63.9 Å². The molecule has 2 fully saturated rings. The molecule has 1 heterocycles. The molecule has 1 saturated heterocycles. The number of nitrogens with zero attached hydrogens (tertiary/aromatic N) is 2. The largest absolute Gasteiger partial charge is 0.508 e. The lowest BCUT2D eigenvalue weighted by Crippen LogP contribution is -2.58. The molecule has 3 aliphatic carbocycles.